The molecule has 0 amide bonds. The summed E-state index contributed by atoms with van der Waals surface area (Å²) in [5.41, 5.74) is 0.293. The summed E-state index contributed by atoms with van der Waals surface area (Å²) in [6.45, 7) is 0. The Morgan fingerprint density at radius 2 is 1.84 bits per heavy atom. The van der Waals surface area contributed by atoms with E-state index in [2.05, 4.69) is 15.6 Å². The number of fused-ring (bicyclic) bond motifs is 1. The maximum Gasteiger partial charge on any atom is 0.407 e. The van der Waals surface area contributed by atoms with Gasteiger partial charge in [-0.1, -0.05) is 12.1 Å². The molecule has 170 valence electrons. The molecule has 2 aliphatic rings. The van der Waals surface area contributed by atoms with Crippen LogP contribution < -0.4 is 4.72 Å². The largest absolute Gasteiger partial charge is 0.407 e. The van der Waals surface area contributed by atoms with Crippen molar-refractivity contribution in [1.82, 2.24) is 14.3 Å². The van der Waals surface area contributed by atoms with Crippen molar-refractivity contribution in [2.24, 2.45) is 0 Å². The number of thioether (sulfide) groups is 1. The molecule has 10 heteroatoms. The quantitative estimate of drug-likeness (QED) is 0.471. The van der Waals surface area contributed by atoms with Gasteiger partial charge in [0.1, 0.15) is 11.2 Å². The lowest BCUT2D eigenvalue weighted by atomic mass is 9.92. The van der Waals surface area contributed by atoms with E-state index in [1.54, 1.807) is 23.9 Å². The van der Waals surface area contributed by atoms with Crippen LogP contribution in [0.1, 0.15) is 38.1 Å². The van der Waals surface area contributed by atoms with Gasteiger partial charge in [-0.15, -0.1) is 11.8 Å². The number of nitrogens with one attached hydrogen (secondary N) is 1. The number of halogens is 3. The van der Waals surface area contributed by atoms with Crippen LogP contribution in [0.5, 0.6) is 0 Å². The van der Waals surface area contributed by atoms with E-state index in [1.165, 1.54) is 12.1 Å². The van der Waals surface area contributed by atoms with E-state index >= 15 is 0 Å². The standard InChI is InChI=1S/C22H22F3N3O2S2/c1-31-17-11-15-12-19(28(16-3-2-4-16)20(15)26-13-17)14-5-7-18(8-6-14)32(29,30)27-21(9-10-21)22(23,24)25/h5-8,11-13,16,27H,2-4,9-10H2,1H3. The van der Waals surface area contributed by atoms with Gasteiger partial charge < -0.3 is 4.57 Å². The number of nitrogens with zero attached hydrogens (tertiary/aromatic N) is 2. The van der Waals surface area contributed by atoms with E-state index in [1.807, 2.05) is 23.2 Å². The van der Waals surface area contributed by atoms with Gasteiger partial charge in [0.25, 0.3) is 0 Å². The van der Waals surface area contributed by atoms with Gasteiger partial charge in [-0.05, 0) is 68.2 Å². The second-order valence-electron chi connectivity index (χ2n) is 8.48. The SMILES string of the molecule is CSc1cnc2c(c1)cc(-c1ccc(S(=O)(=O)NC3(C(F)(F)F)CC3)cc1)n2C1CCC1. The summed E-state index contributed by atoms with van der Waals surface area (Å²) in [5, 5.41) is 1.01. The topological polar surface area (TPSA) is 64.0 Å². The summed E-state index contributed by atoms with van der Waals surface area (Å²) in [6, 6.07) is 10.5. The fourth-order valence-corrected chi connectivity index (χ4v) is 5.98. The average Bonchev–Trinajstić information content (AvgIpc) is 3.41. The van der Waals surface area contributed by atoms with Crippen LogP contribution in [0, 0.1) is 0 Å². The van der Waals surface area contributed by atoms with Crippen molar-refractivity contribution in [3.05, 3.63) is 42.6 Å². The van der Waals surface area contributed by atoms with E-state index in [4.69, 9.17) is 0 Å². The second-order valence-corrected chi connectivity index (χ2v) is 11.0. The van der Waals surface area contributed by atoms with E-state index in [9.17, 15) is 21.6 Å². The highest BCUT2D eigenvalue weighted by Gasteiger charge is 2.65. The van der Waals surface area contributed by atoms with Crippen molar-refractivity contribution in [2.45, 2.75) is 59.7 Å². The maximum absolute atomic E-state index is 13.2. The molecule has 0 bridgehead atoms. The van der Waals surface area contributed by atoms with E-state index < -0.39 is 21.7 Å². The van der Waals surface area contributed by atoms with Gasteiger partial charge in [0.2, 0.25) is 10.0 Å². The molecule has 32 heavy (non-hydrogen) atoms. The smallest absolute Gasteiger partial charge is 0.322 e. The molecule has 1 aromatic carbocycles. The third kappa shape index (κ3) is 3.62. The molecular formula is C22H22F3N3O2S2. The molecule has 0 saturated heterocycles. The monoisotopic (exact) mass is 481 g/mol. The molecule has 0 radical (unpaired) electrons. The minimum Gasteiger partial charge on any atom is -0.322 e. The molecule has 3 aromatic rings. The Morgan fingerprint density at radius 3 is 2.38 bits per heavy atom. The molecule has 2 saturated carbocycles. The highest BCUT2D eigenvalue weighted by molar-refractivity contribution is 7.98. The highest BCUT2D eigenvalue weighted by atomic mass is 32.2. The van der Waals surface area contributed by atoms with Crippen LogP contribution in [0.25, 0.3) is 22.3 Å². The van der Waals surface area contributed by atoms with Crippen LogP contribution in [-0.2, 0) is 10.0 Å². The van der Waals surface area contributed by atoms with E-state index in [0.717, 1.165) is 46.4 Å². The van der Waals surface area contributed by atoms with Crippen molar-refractivity contribution in [3.63, 3.8) is 0 Å². The molecule has 0 atom stereocenters. The van der Waals surface area contributed by atoms with Crippen LogP contribution in [0.3, 0.4) is 0 Å². The lowest BCUT2D eigenvalue weighted by Crippen LogP contribution is -2.47. The fourth-order valence-electron chi connectivity index (χ4n) is 4.13. The summed E-state index contributed by atoms with van der Waals surface area (Å²) < 4.78 is 68.9. The molecule has 2 aliphatic carbocycles. The number of pyridine rings is 1. The first-order chi connectivity index (χ1) is 15.1. The summed E-state index contributed by atoms with van der Waals surface area (Å²) in [4.78, 5) is 5.54. The maximum atomic E-state index is 13.2. The lowest BCUT2D eigenvalue weighted by molar-refractivity contribution is -0.160. The van der Waals surface area contributed by atoms with E-state index in [0.29, 0.717) is 6.04 Å². The summed E-state index contributed by atoms with van der Waals surface area (Å²) in [7, 11) is -4.28. The van der Waals surface area contributed by atoms with Crippen LogP contribution >= 0.6 is 11.8 Å². The number of hydrogen-bond donors (Lipinski definition) is 1. The molecule has 0 spiro atoms. The van der Waals surface area contributed by atoms with Gasteiger partial charge >= 0.3 is 6.18 Å². The normalized spacial score (nSPS) is 18.6. The van der Waals surface area contributed by atoms with Gasteiger partial charge in [0.05, 0.1) is 10.6 Å². The van der Waals surface area contributed by atoms with Gasteiger partial charge in [-0.25, -0.2) is 13.4 Å². The molecule has 2 heterocycles. The number of aromatic nitrogens is 2. The Labute approximate surface area is 188 Å². The Hall–Kier alpha value is -2.04. The molecule has 5 rings (SSSR count). The molecular weight excluding hydrogens is 459 g/mol. The summed E-state index contributed by atoms with van der Waals surface area (Å²) in [5.74, 6) is 0. The second kappa shape index (κ2) is 7.50. The predicted octanol–water partition coefficient (Wildman–Crippen LogP) is 5.52. The first-order valence-corrected chi connectivity index (χ1v) is 13.1. The zero-order valence-corrected chi connectivity index (χ0v) is 18.9. The first kappa shape index (κ1) is 21.8. The van der Waals surface area contributed by atoms with Crippen LogP contribution in [0.4, 0.5) is 13.2 Å². The van der Waals surface area contributed by atoms with Gasteiger partial charge in [-0.2, -0.15) is 17.9 Å². The van der Waals surface area contributed by atoms with Gasteiger partial charge in [0.15, 0.2) is 0 Å². The van der Waals surface area contributed by atoms with Gasteiger partial charge in [0, 0.05) is 22.5 Å². The molecule has 0 unspecified atom stereocenters. The van der Waals surface area contributed by atoms with Crippen molar-refractivity contribution in [3.8, 4) is 11.3 Å². The Bertz CT molecular complexity index is 1280. The van der Waals surface area contributed by atoms with Crippen molar-refractivity contribution < 1.29 is 21.6 Å². The molecule has 5 nitrogen and oxygen atoms in total. The molecule has 2 aromatic heterocycles. The first-order valence-electron chi connectivity index (χ1n) is 10.4. The Morgan fingerprint density at radius 1 is 1.16 bits per heavy atom. The highest BCUT2D eigenvalue weighted by Crippen LogP contribution is 2.49. The minimum atomic E-state index is -4.60. The number of hydrogen-bond acceptors (Lipinski definition) is 4. The lowest BCUT2D eigenvalue weighted by Gasteiger charge is -2.29. The molecule has 0 aliphatic heterocycles. The fraction of sp³-hybridized carbons (Fsp3) is 0.409. The molecule has 1 N–H and O–H groups in total. The third-order valence-electron chi connectivity index (χ3n) is 6.41. The number of sulfonamides is 1. The van der Waals surface area contributed by atoms with E-state index in [-0.39, 0.29) is 17.7 Å². The zero-order valence-electron chi connectivity index (χ0n) is 17.3. The number of benzene rings is 1. The zero-order chi connectivity index (χ0) is 22.7. The average molecular weight is 482 g/mol. The van der Waals surface area contributed by atoms with Crippen molar-refractivity contribution in [1.29, 1.82) is 0 Å². The van der Waals surface area contributed by atoms with Crippen molar-refractivity contribution in [2.75, 3.05) is 6.26 Å². The molecule has 2 fully saturated rings. The Kier molecular flexibility index (Phi) is 5.10. The van der Waals surface area contributed by atoms with Crippen LogP contribution in [0.15, 0.2) is 52.4 Å². The number of rotatable bonds is 6. The van der Waals surface area contributed by atoms with Gasteiger partial charge in [-0.3, -0.25) is 0 Å². The summed E-state index contributed by atoms with van der Waals surface area (Å²) in [6.07, 6.45) is 2.02. The van der Waals surface area contributed by atoms with Crippen molar-refractivity contribution >= 4 is 32.8 Å². The predicted molar refractivity (Wildman–Crippen MR) is 118 cm³/mol. The summed E-state index contributed by atoms with van der Waals surface area (Å²) >= 11 is 1.61. The van der Waals surface area contributed by atoms with Crippen LogP contribution in [0.2, 0.25) is 0 Å². The van der Waals surface area contributed by atoms with Crippen LogP contribution in [-0.4, -0.2) is 35.9 Å². The third-order valence-corrected chi connectivity index (χ3v) is 8.66. The number of alkyl halides is 3. The Balaban J connectivity index is 1.50. The minimum absolute atomic E-state index is 0.175.